The van der Waals surface area contributed by atoms with Gasteiger partial charge in [-0.3, -0.25) is 10.3 Å². The van der Waals surface area contributed by atoms with Crippen LogP contribution in [0.1, 0.15) is 18.5 Å². The van der Waals surface area contributed by atoms with Crippen LogP contribution in [0, 0.1) is 0 Å². The van der Waals surface area contributed by atoms with Crippen molar-refractivity contribution in [3.8, 4) is 0 Å². The highest BCUT2D eigenvalue weighted by Crippen LogP contribution is 2.32. The van der Waals surface area contributed by atoms with Crippen LogP contribution in [-0.2, 0) is 6.54 Å². The summed E-state index contributed by atoms with van der Waals surface area (Å²) in [4.78, 5) is 21.2. The molecule has 4 rings (SSSR count). The Hall–Kier alpha value is -2.22. The highest BCUT2D eigenvalue weighted by atomic mass is 32.1. The zero-order valence-electron chi connectivity index (χ0n) is 12.0. The van der Waals surface area contributed by atoms with Crippen LogP contribution < -0.4 is 10.2 Å². The van der Waals surface area contributed by atoms with Crippen molar-refractivity contribution in [1.82, 2.24) is 20.1 Å². The predicted molar refractivity (Wildman–Crippen MR) is 83.9 cm³/mol. The van der Waals surface area contributed by atoms with E-state index < -0.39 is 0 Å². The fourth-order valence-corrected chi connectivity index (χ4v) is 3.64. The molecule has 0 aromatic carbocycles. The van der Waals surface area contributed by atoms with E-state index in [-0.39, 0.29) is 6.03 Å². The summed E-state index contributed by atoms with van der Waals surface area (Å²) in [6.07, 6.45) is 4.05. The molecule has 0 radical (unpaired) electrons. The number of nitrogens with one attached hydrogen (secondary N) is 1. The summed E-state index contributed by atoms with van der Waals surface area (Å²) in [6, 6.07) is 4.30. The van der Waals surface area contributed by atoms with Crippen LogP contribution in [0.3, 0.4) is 0 Å². The molecule has 1 fully saturated rings. The molecular weight excluding hydrogens is 300 g/mol. The number of aromatic nitrogens is 3. The van der Waals surface area contributed by atoms with Crippen molar-refractivity contribution in [1.29, 1.82) is 0 Å². The number of hydrogen-bond acceptors (Lipinski definition) is 6. The maximum Gasteiger partial charge on any atom is 0.324 e. The summed E-state index contributed by atoms with van der Waals surface area (Å²) in [5, 5.41) is 11.0. The third-order valence-corrected chi connectivity index (χ3v) is 4.79. The maximum atomic E-state index is 12.5. The maximum absolute atomic E-state index is 12.5. The summed E-state index contributed by atoms with van der Waals surface area (Å²) >= 11 is 1.32. The van der Waals surface area contributed by atoms with Gasteiger partial charge < -0.3 is 9.80 Å². The number of nitrogens with zero attached hydrogens (tertiary/aromatic N) is 5. The summed E-state index contributed by atoms with van der Waals surface area (Å²) in [5.41, 5.74) is 3.73. The molecule has 2 aliphatic rings. The van der Waals surface area contributed by atoms with Crippen LogP contribution in [0.4, 0.5) is 15.6 Å². The number of anilines is 2. The summed E-state index contributed by atoms with van der Waals surface area (Å²) < 4.78 is 0. The molecule has 114 valence electrons. The molecule has 0 aliphatic carbocycles. The van der Waals surface area contributed by atoms with E-state index in [0.717, 1.165) is 30.8 Å². The lowest BCUT2D eigenvalue weighted by atomic mass is 10.2. The normalized spacial score (nSPS) is 20.3. The Balaban J connectivity index is 1.60. The first-order chi connectivity index (χ1) is 10.8. The Bertz CT molecular complexity index is 676. The number of carbonyl (C=O) groups is 1. The van der Waals surface area contributed by atoms with E-state index in [9.17, 15) is 4.79 Å². The van der Waals surface area contributed by atoms with E-state index in [0.29, 0.717) is 24.3 Å². The third-order valence-electron chi connectivity index (χ3n) is 4.19. The predicted octanol–water partition coefficient (Wildman–Crippen LogP) is 1.95. The van der Waals surface area contributed by atoms with E-state index in [4.69, 9.17) is 0 Å². The summed E-state index contributed by atoms with van der Waals surface area (Å²) in [6.45, 7) is 2.27. The molecule has 22 heavy (non-hydrogen) atoms. The average Bonchev–Trinajstić information content (AvgIpc) is 3.16. The first kappa shape index (κ1) is 13.4. The number of pyridine rings is 1. The van der Waals surface area contributed by atoms with Crippen molar-refractivity contribution in [3.05, 3.63) is 29.5 Å². The Morgan fingerprint density at radius 1 is 1.45 bits per heavy atom. The second kappa shape index (κ2) is 5.53. The topological polar surface area (TPSA) is 74.2 Å². The van der Waals surface area contributed by atoms with Crippen molar-refractivity contribution in [2.45, 2.75) is 25.4 Å². The molecule has 1 N–H and O–H groups in total. The van der Waals surface area contributed by atoms with Gasteiger partial charge in [-0.2, -0.15) is 0 Å². The molecule has 0 unspecified atom stereocenters. The lowest BCUT2D eigenvalue weighted by Gasteiger charge is -2.27. The van der Waals surface area contributed by atoms with Crippen molar-refractivity contribution in [2.24, 2.45) is 0 Å². The lowest BCUT2D eigenvalue weighted by Crippen LogP contribution is -2.42. The Morgan fingerprint density at radius 2 is 2.41 bits per heavy atom. The molecule has 4 heterocycles. The van der Waals surface area contributed by atoms with Gasteiger partial charge in [0.2, 0.25) is 5.13 Å². The van der Waals surface area contributed by atoms with Gasteiger partial charge in [0, 0.05) is 25.3 Å². The van der Waals surface area contributed by atoms with Gasteiger partial charge in [-0.05, 0) is 25.0 Å². The second-order valence-corrected chi connectivity index (χ2v) is 6.35. The van der Waals surface area contributed by atoms with Gasteiger partial charge in [0.15, 0.2) is 0 Å². The van der Waals surface area contributed by atoms with Gasteiger partial charge in [-0.25, -0.2) is 4.79 Å². The van der Waals surface area contributed by atoms with Gasteiger partial charge in [-0.15, -0.1) is 10.2 Å². The Morgan fingerprint density at radius 3 is 3.27 bits per heavy atom. The van der Waals surface area contributed by atoms with Crippen LogP contribution in [0.5, 0.6) is 0 Å². The average molecular weight is 316 g/mol. The molecule has 0 bridgehead atoms. The summed E-state index contributed by atoms with van der Waals surface area (Å²) in [5.74, 6) is 0. The van der Waals surface area contributed by atoms with Crippen LogP contribution in [-0.4, -0.2) is 45.2 Å². The van der Waals surface area contributed by atoms with Gasteiger partial charge in [0.1, 0.15) is 5.51 Å². The summed E-state index contributed by atoms with van der Waals surface area (Å²) in [7, 11) is 0. The highest BCUT2D eigenvalue weighted by molar-refractivity contribution is 7.13. The van der Waals surface area contributed by atoms with E-state index in [1.807, 2.05) is 11.0 Å². The van der Waals surface area contributed by atoms with Crippen LogP contribution in [0.2, 0.25) is 0 Å². The first-order valence-corrected chi connectivity index (χ1v) is 8.22. The molecule has 2 aromatic heterocycles. The highest BCUT2D eigenvalue weighted by Gasteiger charge is 2.33. The molecular formula is C14H16N6OS. The van der Waals surface area contributed by atoms with Crippen LogP contribution in [0.15, 0.2) is 23.8 Å². The third kappa shape index (κ3) is 2.39. The zero-order chi connectivity index (χ0) is 14.9. The molecule has 2 aliphatic heterocycles. The van der Waals surface area contributed by atoms with Crippen LogP contribution in [0.25, 0.3) is 0 Å². The first-order valence-electron chi connectivity index (χ1n) is 7.34. The molecule has 8 heteroatoms. The largest absolute Gasteiger partial charge is 0.365 e. The van der Waals surface area contributed by atoms with E-state index in [1.54, 1.807) is 11.7 Å². The molecule has 0 spiro atoms. The van der Waals surface area contributed by atoms with E-state index in [2.05, 4.69) is 31.5 Å². The molecule has 1 atom stereocenters. The number of rotatable bonds is 1. The standard InChI is InChI=1S/C14H16N6OS/c21-14(17-13-18-16-9-22-13)19-7-10-3-2-6-20(10)12-4-1-5-15-11(12)8-19/h1,4-5,9-10H,2-3,6-8H2,(H,17,18,21)/t10-/m0/s1. The molecule has 0 saturated carbocycles. The lowest BCUT2D eigenvalue weighted by molar-refractivity contribution is 0.206. The molecule has 7 nitrogen and oxygen atoms in total. The SMILES string of the molecule is O=C(Nc1nncs1)N1Cc2ncccc2N2CCC[C@H]2C1. The van der Waals surface area contributed by atoms with Gasteiger partial charge in [-0.1, -0.05) is 11.3 Å². The minimum Gasteiger partial charge on any atom is -0.365 e. The van der Waals surface area contributed by atoms with E-state index in [1.165, 1.54) is 11.3 Å². The number of fused-ring (bicyclic) bond motifs is 3. The molecule has 2 aromatic rings. The van der Waals surface area contributed by atoms with Crippen LogP contribution >= 0.6 is 11.3 Å². The van der Waals surface area contributed by atoms with E-state index >= 15 is 0 Å². The number of urea groups is 1. The second-order valence-electron chi connectivity index (χ2n) is 5.51. The van der Waals surface area contributed by atoms with Crippen molar-refractivity contribution < 1.29 is 4.79 Å². The number of amides is 2. The fourth-order valence-electron chi connectivity index (χ4n) is 3.21. The fraction of sp³-hybridized carbons (Fsp3) is 0.429. The minimum atomic E-state index is -0.137. The van der Waals surface area contributed by atoms with Gasteiger partial charge >= 0.3 is 6.03 Å². The van der Waals surface area contributed by atoms with Crippen molar-refractivity contribution >= 4 is 28.2 Å². The van der Waals surface area contributed by atoms with Crippen molar-refractivity contribution in [2.75, 3.05) is 23.3 Å². The monoisotopic (exact) mass is 316 g/mol. The quantitative estimate of drug-likeness (QED) is 0.870. The Kier molecular flexibility index (Phi) is 3.38. The number of carbonyl (C=O) groups excluding carboxylic acids is 1. The zero-order valence-corrected chi connectivity index (χ0v) is 12.8. The smallest absolute Gasteiger partial charge is 0.324 e. The minimum absolute atomic E-state index is 0.137. The van der Waals surface area contributed by atoms with Crippen molar-refractivity contribution in [3.63, 3.8) is 0 Å². The van der Waals surface area contributed by atoms with Gasteiger partial charge in [0.25, 0.3) is 0 Å². The molecule has 2 amide bonds. The number of hydrogen-bond donors (Lipinski definition) is 1. The Labute approximate surface area is 132 Å². The molecule has 1 saturated heterocycles. The van der Waals surface area contributed by atoms with Gasteiger partial charge in [0.05, 0.1) is 17.9 Å².